The minimum absolute atomic E-state index is 0.0375. The summed E-state index contributed by atoms with van der Waals surface area (Å²) in [5.41, 5.74) is 0.376. The quantitative estimate of drug-likeness (QED) is 0.0944. The van der Waals surface area contributed by atoms with Crippen LogP contribution in [-0.4, -0.2) is 39.2 Å². The fraction of sp³-hybridized carbons (Fsp3) is 0.667. The lowest BCUT2D eigenvalue weighted by atomic mass is 10.1. The molecule has 0 saturated heterocycles. The number of amides is 1. The standard InChI is InChI=1S/C30H50N2O5S/c1-5-6-7-8-9-10-11-12-13-14-15-16-17-18-19-20-23-31-29(33)26-21-22-27(30(34)37-4)28(24-26)32-38(35,36)25(2)3/h12-13,21-22,24-25,32H,5-11,14-20,23H2,1-4H3,(H,31,33)/b13-12-. The van der Waals surface area contributed by atoms with Crippen LogP contribution in [-0.2, 0) is 14.8 Å². The van der Waals surface area contributed by atoms with Crippen LogP contribution in [0.3, 0.4) is 0 Å². The molecule has 8 heteroatoms. The van der Waals surface area contributed by atoms with Crippen LogP contribution in [0.15, 0.2) is 30.4 Å². The number of carbonyl (C=O) groups excluding carboxylic acids is 2. The first-order chi connectivity index (χ1) is 18.2. The molecule has 7 nitrogen and oxygen atoms in total. The summed E-state index contributed by atoms with van der Waals surface area (Å²) in [4.78, 5) is 24.7. The van der Waals surface area contributed by atoms with Crippen molar-refractivity contribution in [1.29, 1.82) is 0 Å². The SMILES string of the molecule is CCCCCCCC/C=C\CCCCCCCCNC(=O)c1ccc(C(=O)OC)c(NS(=O)(=O)C(C)C)c1. The number of esters is 1. The number of ether oxygens (including phenoxy) is 1. The van der Waals surface area contributed by atoms with Crippen molar-refractivity contribution in [3.8, 4) is 0 Å². The second-order valence-corrected chi connectivity index (χ2v) is 12.4. The third kappa shape index (κ3) is 14.0. The number of allylic oxidation sites excluding steroid dienone is 2. The van der Waals surface area contributed by atoms with E-state index in [0.29, 0.717) is 6.54 Å². The molecule has 1 aromatic rings. The number of methoxy groups -OCH3 is 1. The van der Waals surface area contributed by atoms with Crippen molar-refractivity contribution < 1.29 is 22.7 Å². The Morgan fingerprint density at radius 3 is 1.97 bits per heavy atom. The van der Waals surface area contributed by atoms with E-state index in [1.807, 2.05) is 0 Å². The third-order valence-corrected chi connectivity index (χ3v) is 8.28. The molecule has 0 aliphatic heterocycles. The smallest absolute Gasteiger partial charge is 0.339 e. The van der Waals surface area contributed by atoms with E-state index in [1.165, 1.54) is 103 Å². The summed E-state index contributed by atoms with van der Waals surface area (Å²) in [5.74, 6) is -0.984. The summed E-state index contributed by atoms with van der Waals surface area (Å²) in [7, 11) is -2.48. The van der Waals surface area contributed by atoms with Gasteiger partial charge in [-0.25, -0.2) is 13.2 Å². The van der Waals surface area contributed by atoms with Crippen molar-refractivity contribution in [3.63, 3.8) is 0 Å². The number of hydrogen-bond acceptors (Lipinski definition) is 5. The van der Waals surface area contributed by atoms with Gasteiger partial charge in [0.05, 0.1) is 23.6 Å². The van der Waals surface area contributed by atoms with Crippen LogP contribution in [0.1, 0.15) is 131 Å². The lowest BCUT2D eigenvalue weighted by Crippen LogP contribution is -2.26. The zero-order valence-corrected chi connectivity index (χ0v) is 24.8. The molecule has 1 rings (SSSR count). The lowest BCUT2D eigenvalue weighted by molar-refractivity contribution is 0.0601. The van der Waals surface area contributed by atoms with E-state index in [1.54, 1.807) is 0 Å². The lowest BCUT2D eigenvalue weighted by Gasteiger charge is -2.15. The van der Waals surface area contributed by atoms with Gasteiger partial charge in [-0.3, -0.25) is 9.52 Å². The molecule has 38 heavy (non-hydrogen) atoms. The highest BCUT2D eigenvalue weighted by Gasteiger charge is 2.21. The van der Waals surface area contributed by atoms with Gasteiger partial charge in [0.2, 0.25) is 10.0 Å². The Morgan fingerprint density at radius 1 is 0.868 bits per heavy atom. The highest BCUT2D eigenvalue weighted by Crippen LogP contribution is 2.22. The fourth-order valence-corrected chi connectivity index (χ4v) is 4.72. The van der Waals surface area contributed by atoms with Gasteiger partial charge in [0.25, 0.3) is 5.91 Å². The molecular weight excluding hydrogens is 500 g/mol. The maximum absolute atomic E-state index is 12.6. The van der Waals surface area contributed by atoms with E-state index in [4.69, 9.17) is 4.74 Å². The first kappa shape index (κ1) is 33.7. The number of anilines is 1. The van der Waals surface area contributed by atoms with Gasteiger partial charge >= 0.3 is 5.97 Å². The second kappa shape index (κ2) is 19.7. The van der Waals surface area contributed by atoms with Crippen molar-refractivity contribution in [2.24, 2.45) is 0 Å². The minimum Gasteiger partial charge on any atom is -0.465 e. The normalized spacial score (nSPS) is 11.7. The molecule has 1 aromatic carbocycles. The molecule has 0 unspecified atom stereocenters. The van der Waals surface area contributed by atoms with Crippen molar-refractivity contribution >= 4 is 27.6 Å². The molecule has 0 aromatic heterocycles. The number of benzene rings is 1. The highest BCUT2D eigenvalue weighted by molar-refractivity contribution is 7.93. The molecule has 0 bridgehead atoms. The molecular formula is C30H50N2O5S. The zero-order valence-electron chi connectivity index (χ0n) is 24.0. The Morgan fingerprint density at radius 2 is 1.42 bits per heavy atom. The molecule has 216 valence electrons. The number of rotatable bonds is 21. The van der Waals surface area contributed by atoms with Crippen LogP contribution in [0.25, 0.3) is 0 Å². The Kier molecular flexibility index (Phi) is 17.4. The molecule has 0 fully saturated rings. The maximum atomic E-state index is 12.6. The van der Waals surface area contributed by atoms with E-state index < -0.39 is 21.2 Å². The monoisotopic (exact) mass is 550 g/mol. The van der Waals surface area contributed by atoms with Crippen LogP contribution < -0.4 is 10.0 Å². The number of carbonyl (C=O) groups is 2. The molecule has 0 radical (unpaired) electrons. The van der Waals surface area contributed by atoms with Gasteiger partial charge in [0, 0.05) is 12.1 Å². The molecule has 0 spiro atoms. The Hall–Kier alpha value is -2.35. The molecule has 0 aliphatic carbocycles. The minimum atomic E-state index is -3.70. The molecule has 0 heterocycles. The van der Waals surface area contributed by atoms with Crippen molar-refractivity contribution in [3.05, 3.63) is 41.5 Å². The van der Waals surface area contributed by atoms with Gasteiger partial charge in [-0.15, -0.1) is 0 Å². The average molecular weight is 551 g/mol. The van der Waals surface area contributed by atoms with E-state index >= 15 is 0 Å². The Bertz CT molecular complexity index is 957. The van der Waals surface area contributed by atoms with Gasteiger partial charge < -0.3 is 10.1 Å². The van der Waals surface area contributed by atoms with Crippen LogP contribution >= 0.6 is 0 Å². The van der Waals surface area contributed by atoms with Crippen LogP contribution in [0.5, 0.6) is 0 Å². The van der Waals surface area contributed by atoms with Crippen molar-refractivity contribution in [2.45, 2.75) is 116 Å². The van der Waals surface area contributed by atoms with Gasteiger partial charge in [0.15, 0.2) is 0 Å². The number of nitrogens with one attached hydrogen (secondary N) is 2. The summed E-state index contributed by atoms with van der Waals surface area (Å²) in [6.07, 6.45) is 21.9. The largest absolute Gasteiger partial charge is 0.465 e. The van der Waals surface area contributed by atoms with Gasteiger partial charge in [-0.2, -0.15) is 0 Å². The third-order valence-electron chi connectivity index (χ3n) is 6.53. The highest BCUT2D eigenvalue weighted by atomic mass is 32.2. The van der Waals surface area contributed by atoms with Gasteiger partial charge in [-0.05, 0) is 64.2 Å². The van der Waals surface area contributed by atoms with E-state index in [-0.39, 0.29) is 22.7 Å². The van der Waals surface area contributed by atoms with E-state index in [0.717, 1.165) is 25.7 Å². The molecule has 2 N–H and O–H groups in total. The van der Waals surface area contributed by atoms with Crippen LogP contribution in [0.2, 0.25) is 0 Å². The number of sulfonamides is 1. The summed E-state index contributed by atoms with van der Waals surface area (Å²) in [5, 5.41) is 2.19. The molecule has 0 atom stereocenters. The first-order valence-corrected chi connectivity index (χ1v) is 15.9. The second-order valence-electron chi connectivity index (χ2n) is 10.1. The van der Waals surface area contributed by atoms with Crippen molar-refractivity contribution in [2.75, 3.05) is 18.4 Å². The first-order valence-electron chi connectivity index (χ1n) is 14.4. The topological polar surface area (TPSA) is 102 Å². The predicted molar refractivity (Wildman–Crippen MR) is 157 cm³/mol. The summed E-state index contributed by atoms with van der Waals surface area (Å²) in [6.45, 7) is 5.87. The van der Waals surface area contributed by atoms with E-state index in [9.17, 15) is 18.0 Å². The summed E-state index contributed by atoms with van der Waals surface area (Å²) in [6, 6.07) is 4.28. The Balaban J connectivity index is 2.28. The van der Waals surface area contributed by atoms with E-state index in [2.05, 4.69) is 29.1 Å². The summed E-state index contributed by atoms with van der Waals surface area (Å²) >= 11 is 0. The Labute approximate surface area is 231 Å². The van der Waals surface area contributed by atoms with Gasteiger partial charge in [0.1, 0.15) is 0 Å². The summed E-state index contributed by atoms with van der Waals surface area (Å²) < 4.78 is 31.8. The molecule has 0 saturated carbocycles. The maximum Gasteiger partial charge on any atom is 0.339 e. The number of unbranched alkanes of at least 4 members (excludes halogenated alkanes) is 12. The number of hydrogen-bond donors (Lipinski definition) is 2. The molecule has 1 amide bonds. The fourth-order valence-electron chi connectivity index (χ4n) is 4.01. The average Bonchev–Trinajstić information content (AvgIpc) is 2.89. The van der Waals surface area contributed by atoms with Crippen LogP contribution in [0.4, 0.5) is 5.69 Å². The zero-order chi connectivity index (χ0) is 28.2. The predicted octanol–water partition coefficient (Wildman–Crippen LogP) is 7.39. The van der Waals surface area contributed by atoms with Crippen LogP contribution in [0, 0.1) is 0 Å². The van der Waals surface area contributed by atoms with Gasteiger partial charge in [-0.1, -0.05) is 76.9 Å². The molecule has 0 aliphatic rings. The van der Waals surface area contributed by atoms with Crippen molar-refractivity contribution in [1.82, 2.24) is 5.32 Å².